The molecule has 1 unspecified atom stereocenters. The van der Waals surface area contributed by atoms with Crippen LogP contribution in [0.3, 0.4) is 0 Å². The van der Waals surface area contributed by atoms with E-state index in [2.05, 4.69) is 10.6 Å². The number of nitrogens with one attached hydrogen (secondary N) is 2. The first-order valence-corrected chi connectivity index (χ1v) is 8.55. The summed E-state index contributed by atoms with van der Waals surface area (Å²) < 4.78 is 5.92. The highest BCUT2D eigenvalue weighted by molar-refractivity contribution is 5.92. The molecular weight excluding hydrogens is 336 g/mol. The third-order valence-electron chi connectivity index (χ3n) is 4.32. The van der Waals surface area contributed by atoms with Crippen molar-refractivity contribution >= 4 is 24.0 Å². The lowest BCUT2D eigenvalue weighted by Crippen LogP contribution is -2.15. The van der Waals surface area contributed by atoms with E-state index in [1.807, 2.05) is 55.5 Å². The van der Waals surface area contributed by atoms with E-state index in [9.17, 15) is 4.79 Å². The number of hydrogen-bond acceptors (Lipinski definition) is 3. The highest BCUT2D eigenvalue weighted by Gasteiger charge is 2.16. The summed E-state index contributed by atoms with van der Waals surface area (Å²) >= 11 is 0. The Morgan fingerprint density at radius 3 is 2.76 bits per heavy atom. The number of para-hydroxylation sites is 1. The number of amides is 1. The van der Waals surface area contributed by atoms with Crippen LogP contribution in [0.1, 0.15) is 24.8 Å². The largest absolute Gasteiger partial charge is 0.455 e. The first-order valence-electron chi connectivity index (χ1n) is 8.55. The first-order chi connectivity index (χ1) is 11.7. The van der Waals surface area contributed by atoms with E-state index >= 15 is 0 Å². The van der Waals surface area contributed by atoms with Crippen molar-refractivity contribution in [2.75, 3.05) is 18.4 Å². The highest BCUT2D eigenvalue weighted by atomic mass is 35.5. The molecule has 2 aromatic carbocycles. The Kier molecular flexibility index (Phi) is 7.29. The van der Waals surface area contributed by atoms with Crippen molar-refractivity contribution in [1.82, 2.24) is 5.32 Å². The lowest BCUT2D eigenvalue weighted by molar-refractivity contribution is -0.116. The van der Waals surface area contributed by atoms with E-state index in [1.54, 1.807) is 0 Å². The van der Waals surface area contributed by atoms with Crippen molar-refractivity contribution in [2.24, 2.45) is 5.92 Å². The fourth-order valence-electron chi connectivity index (χ4n) is 2.95. The minimum atomic E-state index is 0. The molecule has 25 heavy (non-hydrogen) atoms. The van der Waals surface area contributed by atoms with Gasteiger partial charge in [0.1, 0.15) is 5.75 Å². The van der Waals surface area contributed by atoms with Crippen molar-refractivity contribution in [3.8, 4) is 11.5 Å². The van der Waals surface area contributed by atoms with E-state index in [0.29, 0.717) is 18.1 Å². The average Bonchev–Trinajstić information content (AvgIpc) is 3.10. The van der Waals surface area contributed by atoms with Crippen LogP contribution >= 0.6 is 12.4 Å². The van der Waals surface area contributed by atoms with Crippen molar-refractivity contribution < 1.29 is 9.53 Å². The van der Waals surface area contributed by atoms with E-state index in [-0.39, 0.29) is 18.3 Å². The highest BCUT2D eigenvalue weighted by Crippen LogP contribution is 2.30. The summed E-state index contributed by atoms with van der Waals surface area (Å²) in [6.07, 6.45) is 2.64. The van der Waals surface area contributed by atoms with Gasteiger partial charge in [-0.1, -0.05) is 24.3 Å². The van der Waals surface area contributed by atoms with E-state index in [0.717, 1.165) is 36.5 Å². The molecule has 1 fully saturated rings. The van der Waals surface area contributed by atoms with Gasteiger partial charge in [0.05, 0.1) is 5.69 Å². The Morgan fingerprint density at radius 1 is 1.24 bits per heavy atom. The molecule has 1 aliphatic heterocycles. The number of aryl methyl sites for hydroxylation is 1. The van der Waals surface area contributed by atoms with Crippen LogP contribution < -0.4 is 15.4 Å². The smallest absolute Gasteiger partial charge is 0.224 e. The molecule has 0 spiro atoms. The second kappa shape index (κ2) is 9.44. The van der Waals surface area contributed by atoms with Crippen LogP contribution in [0.25, 0.3) is 0 Å². The molecule has 2 aromatic rings. The Morgan fingerprint density at radius 2 is 2.04 bits per heavy atom. The summed E-state index contributed by atoms with van der Waals surface area (Å²) in [7, 11) is 0. The van der Waals surface area contributed by atoms with Gasteiger partial charge in [0.15, 0.2) is 5.75 Å². The van der Waals surface area contributed by atoms with Crippen molar-refractivity contribution in [3.63, 3.8) is 0 Å². The van der Waals surface area contributed by atoms with Gasteiger partial charge in [-0.15, -0.1) is 12.4 Å². The van der Waals surface area contributed by atoms with Crippen LogP contribution in [-0.4, -0.2) is 19.0 Å². The number of rotatable bonds is 6. The minimum Gasteiger partial charge on any atom is -0.455 e. The predicted molar refractivity (Wildman–Crippen MR) is 104 cm³/mol. The zero-order chi connectivity index (χ0) is 16.8. The summed E-state index contributed by atoms with van der Waals surface area (Å²) in [5.74, 6) is 2.09. The summed E-state index contributed by atoms with van der Waals surface area (Å²) in [4.78, 5) is 12.3. The minimum absolute atomic E-state index is 0. The molecule has 0 radical (unpaired) electrons. The number of hydrogen-bond donors (Lipinski definition) is 2. The molecule has 0 aromatic heterocycles. The number of halogens is 1. The van der Waals surface area contributed by atoms with Gasteiger partial charge in [0.2, 0.25) is 5.91 Å². The zero-order valence-electron chi connectivity index (χ0n) is 14.5. The molecule has 1 amide bonds. The molecule has 0 saturated carbocycles. The molecule has 1 aliphatic rings. The van der Waals surface area contributed by atoms with Gasteiger partial charge >= 0.3 is 0 Å². The Bertz CT molecular complexity index is 685. The van der Waals surface area contributed by atoms with E-state index < -0.39 is 0 Å². The van der Waals surface area contributed by atoms with Gasteiger partial charge in [-0.05, 0) is 68.6 Å². The van der Waals surface area contributed by atoms with Crippen LogP contribution in [0.15, 0.2) is 48.5 Å². The van der Waals surface area contributed by atoms with Crippen LogP contribution in [-0.2, 0) is 4.79 Å². The average molecular weight is 361 g/mol. The summed E-state index contributed by atoms with van der Waals surface area (Å²) in [6, 6.07) is 15.4. The second-order valence-electron chi connectivity index (χ2n) is 6.36. The lowest BCUT2D eigenvalue weighted by Gasteiger charge is -2.14. The number of carbonyl (C=O) groups is 1. The fraction of sp³-hybridized carbons (Fsp3) is 0.350. The Labute approximate surface area is 155 Å². The molecule has 1 saturated heterocycles. The van der Waals surface area contributed by atoms with Gasteiger partial charge in [-0.25, -0.2) is 0 Å². The second-order valence-corrected chi connectivity index (χ2v) is 6.36. The Hall–Kier alpha value is -2.04. The van der Waals surface area contributed by atoms with Crippen molar-refractivity contribution in [2.45, 2.75) is 26.2 Å². The fourth-order valence-corrected chi connectivity index (χ4v) is 2.95. The maximum atomic E-state index is 12.3. The molecule has 0 aliphatic carbocycles. The molecule has 1 atom stereocenters. The van der Waals surface area contributed by atoms with Gasteiger partial charge < -0.3 is 15.4 Å². The lowest BCUT2D eigenvalue weighted by atomic mass is 10.0. The predicted octanol–water partition coefficient (Wildman–Crippen LogP) is 4.54. The molecule has 3 rings (SSSR count). The molecule has 2 N–H and O–H groups in total. The Balaban J connectivity index is 0.00000225. The first kappa shape index (κ1) is 19.3. The van der Waals surface area contributed by atoms with Crippen LogP contribution in [0.5, 0.6) is 11.5 Å². The molecular formula is C20H25ClN2O2. The number of anilines is 1. The van der Waals surface area contributed by atoms with Gasteiger partial charge in [0.25, 0.3) is 0 Å². The SMILES string of the molecule is Cc1ccc(Oc2ccccc2)c(NC(=O)CCC2CCNC2)c1.Cl. The molecule has 4 nitrogen and oxygen atoms in total. The van der Waals surface area contributed by atoms with Crippen molar-refractivity contribution in [1.29, 1.82) is 0 Å². The van der Waals surface area contributed by atoms with E-state index in [1.165, 1.54) is 6.42 Å². The van der Waals surface area contributed by atoms with Crippen LogP contribution in [0.4, 0.5) is 5.69 Å². The van der Waals surface area contributed by atoms with E-state index in [4.69, 9.17) is 4.74 Å². The maximum absolute atomic E-state index is 12.3. The third-order valence-corrected chi connectivity index (χ3v) is 4.32. The van der Waals surface area contributed by atoms with Crippen LogP contribution in [0.2, 0.25) is 0 Å². The summed E-state index contributed by atoms with van der Waals surface area (Å²) in [5.41, 5.74) is 1.82. The summed E-state index contributed by atoms with van der Waals surface area (Å²) in [6.45, 7) is 4.10. The maximum Gasteiger partial charge on any atom is 0.224 e. The van der Waals surface area contributed by atoms with Crippen molar-refractivity contribution in [3.05, 3.63) is 54.1 Å². The summed E-state index contributed by atoms with van der Waals surface area (Å²) in [5, 5.41) is 6.35. The molecule has 1 heterocycles. The molecule has 0 bridgehead atoms. The third kappa shape index (κ3) is 5.76. The van der Waals surface area contributed by atoms with Gasteiger partial charge in [0, 0.05) is 6.42 Å². The quantitative estimate of drug-likeness (QED) is 0.795. The number of ether oxygens (including phenoxy) is 1. The number of carbonyl (C=O) groups excluding carboxylic acids is 1. The van der Waals surface area contributed by atoms with Crippen LogP contribution in [0, 0.1) is 12.8 Å². The molecule has 5 heteroatoms. The molecule has 134 valence electrons. The van der Waals surface area contributed by atoms with Gasteiger partial charge in [-0.2, -0.15) is 0 Å². The number of benzene rings is 2. The zero-order valence-corrected chi connectivity index (χ0v) is 15.3. The van der Waals surface area contributed by atoms with Gasteiger partial charge in [-0.3, -0.25) is 4.79 Å². The normalized spacial score (nSPS) is 16.1. The monoisotopic (exact) mass is 360 g/mol. The standard InChI is InChI=1S/C20H24N2O2.ClH/c1-15-7-9-19(24-17-5-3-2-4-6-17)18(13-15)22-20(23)10-8-16-11-12-21-14-16;/h2-7,9,13,16,21H,8,10-12,14H2,1H3,(H,22,23);1H. The topological polar surface area (TPSA) is 50.4 Å².